The average molecular weight is 700 g/mol. The molecule has 1 N–H and O–H groups in total. The molecule has 5 atom stereocenters. The number of amides is 2. The van der Waals surface area contributed by atoms with Crippen LogP contribution in [0.5, 0.6) is 0 Å². The van der Waals surface area contributed by atoms with Crippen LogP contribution >= 0.6 is 0 Å². The van der Waals surface area contributed by atoms with Gasteiger partial charge in [0.15, 0.2) is 5.60 Å². The zero-order valence-electron chi connectivity index (χ0n) is 28.0. The Hall–Kier alpha value is -4.79. The third kappa shape index (κ3) is 5.42. The first-order chi connectivity index (χ1) is 23.8. The number of hydrogen-bond acceptors (Lipinski definition) is 8. The molecule has 2 saturated heterocycles. The zero-order chi connectivity index (χ0) is 35.5. The fraction of sp³-hybridized carbons (Fsp3) is 0.389. The zero-order valence-corrected chi connectivity index (χ0v) is 29.0. The molecule has 4 heterocycles. The number of carbonyl (C=O) groups excluding carboxylic acids is 2. The minimum absolute atomic E-state index is 0.0679. The van der Waals surface area contributed by atoms with Gasteiger partial charge in [0.25, 0.3) is 17.2 Å². The van der Waals surface area contributed by atoms with Gasteiger partial charge in [-0.3, -0.25) is 24.5 Å². The summed E-state index contributed by atoms with van der Waals surface area (Å²) in [5.74, 6) is -1.50. The minimum Gasteiger partial charge on any atom is -0.394 e. The predicted octanol–water partition coefficient (Wildman–Crippen LogP) is 4.99. The molecule has 7 rings (SSSR count). The van der Waals surface area contributed by atoms with Crippen molar-refractivity contribution in [2.24, 2.45) is 5.92 Å². The van der Waals surface area contributed by atoms with Gasteiger partial charge >= 0.3 is 0 Å². The number of hydrogen-bond donors (Lipinski definition) is 1. The first-order valence-electron chi connectivity index (χ1n) is 16.8. The average Bonchev–Trinajstić information content (AvgIpc) is 3.75. The van der Waals surface area contributed by atoms with E-state index in [1.807, 2.05) is 12.1 Å². The number of likely N-dealkylation sites (tertiary alicyclic amines) is 1. The fourth-order valence-corrected chi connectivity index (χ4v) is 10.8. The smallest absolute Gasteiger partial charge is 0.279 e. The number of rotatable bonds is 8. The summed E-state index contributed by atoms with van der Waals surface area (Å²) in [6, 6.07) is 18.0. The Labute approximate surface area is 288 Å². The number of fused-ring (bicyclic) bond motifs is 3. The second kappa shape index (κ2) is 12.5. The summed E-state index contributed by atoms with van der Waals surface area (Å²) in [6.45, 7) is 5.17. The van der Waals surface area contributed by atoms with Crippen molar-refractivity contribution in [2.45, 2.75) is 69.1 Å². The van der Waals surface area contributed by atoms with Crippen molar-refractivity contribution in [1.29, 1.82) is 0 Å². The number of aliphatic hydroxyl groups is 1. The maximum atomic E-state index is 16.3. The lowest BCUT2D eigenvalue weighted by Crippen LogP contribution is -2.45. The number of carbonyl (C=O) groups is 2. The van der Waals surface area contributed by atoms with Crippen molar-refractivity contribution in [3.8, 4) is 5.69 Å². The fourth-order valence-electron chi connectivity index (χ4n) is 8.35. The summed E-state index contributed by atoms with van der Waals surface area (Å²) in [5.41, 5.74) is -1.11. The topological polar surface area (TPSA) is 148 Å². The minimum atomic E-state index is -3.60. The van der Waals surface area contributed by atoms with Gasteiger partial charge < -0.3 is 23.8 Å². The molecule has 50 heavy (non-hydrogen) atoms. The summed E-state index contributed by atoms with van der Waals surface area (Å²) in [5, 5.41) is 27.3. The lowest BCUT2D eigenvalue weighted by Gasteiger charge is -2.31. The second-order valence-electron chi connectivity index (χ2n) is 14.0. The number of nitro groups is 1. The molecule has 0 aliphatic carbocycles. The van der Waals surface area contributed by atoms with E-state index in [0.717, 1.165) is 11.8 Å². The van der Waals surface area contributed by atoms with Crippen molar-refractivity contribution < 1.29 is 28.5 Å². The van der Waals surface area contributed by atoms with E-state index in [0.29, 0.717) is 35.3 Å². The number of halogens is 1. The van der Waals surface area contributed by atoms with Gasteiger partial charge in [0.1, 0.15) is 0 Å². The Balaban J connectivity index is 1.24. The number of anilines is 1. The van der Waals surface area contributed by atoms with Gasteiger partial charge in [-0.05, 0) is 55.8 Å². The molecule has 14 heteroatoms. The molecule has 0 saturated carbocycles. The van der Waals surface area contributed by atoms with E-state index < -0.39 is 42.4 Å². The molecule has 3 aliphatic rings. The van der Waals surface area contributed by atoms with Crippen LogP contribution in [-0.2, 0) is 26.5 Å². The quantitative estimate of drug-likeness (QED) is 0.117. The van der Waals surface area contributed by atoms with E-state index >= 15 is 4.11 Å². The van der Waals surface area contributed by atoms with Crippen LogP contribution in [0.1, 0.15) is 37.3 Å². The Morgan fingerprint density at radius 2 is 1.88 bits per heavy atom. The summed E-state index contributed by atoms with van der Waals surface area (Å²) in [6.07, 6.45) is 1.91. The van der Waals surface area contributed by atoms with Crippen molar-refractivity contribution in [1.82, 2.24) is 14.7 Å². The number of benzene rings is 3. The van der Waals surface area contributed by atoms with Crippen LogP contribution in [0.15, 0.2) is 77.7 Å². The van der Waals surface area contributed by atoms with E-state index in [1.165, 1.54) is 40.9 Å². The third-order valence-electron chi connectivity index (χ3n) is 10.7. The SMILES string of the molecule is C[C@@H]1[C@@H]([Si](C)(C)F)[C@H](CC(=O)N2CCC[C@H]2CO)O[C@@]12C(=O)N(Cc1ccc(-n3ncc4ccccc4c3=O)cc1)c1ccc([N+](=O)[O-])cc12. The summed E-state index contributed by atoms with van der Waals surface area (Å²) >= 11 is 0. The molecule has 0 bridgehead atoms. The lowest BCUT2D eigenvalue weighted by atomic mass is 9.82. The van der Waals surface area contributed by atoms with Gasteiger partial charge in [-0.1, -0.05) is 37.3 Å². The maximum absolute atomic E-state index is 16.3. The van der Waals surface area contributed by atoms with Crippen LogP contribution in [0.3, 0.4) is 0 Å². The molecule has 260 valence electrons. The molecular weight excluding hydrogens is 662 g/mol. The molecule has 0 radical (unpaired) electrons. The Kier molecular flexibility index (Phi) is 8.43. The van der Waals surface area contributed by atoms with Gasteiger partial charge in [-0.2, -0.15) is 9.78 Å². The van der Waals surface area contributed by atoms with Crippen LogP contribution in [-0.4, -0.2) is 70.2 Å². The van der Waals surface area contributed by atoms with Crippen LogP contribution in [0.4, 0.5) is 15.5 Å². The summed E-state index contributed by atoms with van der Waals surface area (Å²) in [4.78, 5) is 55.9. The van der Waals surface area contributed by atoms with Gasteiger partial charge in [0.05, 0.1) is 59.6 Å². The number of ether oxygens (including phenoxy) is 1. The molecule has 2 fully saturated rings. The van der Waals surface area contributed by atoms with E-state index in [-0.39, 0.29) is 48.3 Å². The van der Waals surface area contributed by atoms with Crippen molar-refractivity contribution in [3.05, 3.63) is 105 Å². The lowest BCUT2D eigenvalue weighted by molar-refractivity contribution is -0.385. The maximum Gasteiger partial charge on any atom is 0.279 e. The van der Waals surface area contributed by atoms with E-state index in [1.54, 1.807) is 54.4 Å². The number of aliphatic hydroxyl groups excluding tert-OH is 1. The van der Waals surface area contributed by atoms with E-state index in [9.17, 15) is 29.6 Å². The van der Waals surface area contributed by atoms with Gasteiger partial charge in [-0.15, -0.1) is 0 Å². The van der Waals surface area contributed by atoms with Crippen LogP contribution in [0.25, 0.3) is 16.5 Å². The molecule has 4 aromatic rings. The first kappa shape index (κ1) is 33.7. The Morgan fingerprint density at radius 3 is 2.58 bits per heavy atom. The molecule has 2 amide bonds. The van der Waals surface area contributed by atoms with Crippen molar-refractivity contribution in [3.63, 3.8) is 0 Å². The monoisotopic (exact) mass is 699 g/mol. The summed E-state index contributed by atoms with van der Waals surface area (Å²) in [7, 11) is -3.60. The molecule has 1 spiro atoms. The molecule has 3 aliphatic heterocycles. The normalized spacial score (nSPS) is 24.8. The highest BCUT2D eigenvalue weighted by atomic mass is 28.4. The second-order valence-corrected chi connectivity index (χ2v) is 17.8. The van der Waals surface area contributed by atoms with Crippen LogP contribution in [0, 0.1) is 16.0 Å². The molecule has 12 nitrogen and oxygen atoms in total. The Bertz CT molecular complexity index is 2070. The number of nitrogens with zero attached hydrogens (tertiary/aromatic N) is 5. The highest BCUT2D eigenvalue weighted by Gasteiger charge is 2.67. The summed E-state index contributed by atoms with van der Waals surface area (Å²) < 4.78 is 24.2. The molecular formula is C36H38FN5O7Si. The highest BCUT2D eigenvalue weighted by Crippen LogP contribution is 2.60. The molecule has 3 aromatic carbocycles. The van der Waals surface area contributed by atoms with Gasteiger partial charge in [0, 0.05) is 41.1 Å². The predicted molar refractivity (Wildman–Crippen MR) is 186 cm³/mol. The third-order valence-corrected chi connectivity index (χ3v) is 13.1. The van der Waals surface area contributed by atoms with E-state index in [4.69, 9.17) is 4.74 Å². The van der Waals surface area contributed by atoms with Crippen molar-refractivity contribution >= 4 is 42.4 Å². The van der Waals surface area contributed by atoms with Crippen LogP contribution in [0.2, 0.25) is 18.6 Å². The molecule has 0 unspecified atom stereocenters. The largest absolute Gasteiger partial charge is 0.394 e. The van der Waals surface area contributed by atoms with Crippen molar-refractivity contribution in [2.75, 3.05) is 18.1 Å². The standard InChI is InChI=1S/C36H38FN5O7Si/c1-22-33(50(2,3)37)31(18-32(44)39-16-6-8-27(39)21-43)49-36(22)29-17-26(42(47)48)14-15-30(29)40(35(36)46)20-23-10-12-25(13-11-23)41-34(45)28-9-5-4-7-24(28)19-38-41/h4-5,7,9-15,17,19,22,27,31,33,43H,6,8,16,18,20-21H2,1-3H3/t22-,27+,31+,33-,36+/m1/s1. The van der Waals surface area contributed by atoms with Gasteiger partial charge in [0.2, 0.25) is 14.3 Å². The number of non-ortho nitro benzene ring substituents is 1. The van der Waals surface area contributed by atoms with E-state index in [2.05, 4.69) is 5.10 Å². The van der Waals surface area contributed by atoms with Crippen LogP contribution < -0.4 is 10.5 Å². The first-order valence-corrected chi connectivity index (χ1v) is 19.7. The molecule has 1 aromatic heterocycles. The van der Waals surface area contributed by atoms with Gasteiger partial charge in [-0.25, -0.2) is 0 Å². The highest BCUT2D eigenvalue weighted by molar-refractivity contribution is 6.72. The number of nitro benzene ring substituents is 1. The Morgan fingerprint density at radius 1 is 1.14 bits per heavy atom. The number of aromatic nitrogens is 2.